The van der Waals surface area contributed by atoms with Crippen molar-refractivity contribution in [2.75, 3.05) is 20.1 Å². The number of fused-ring (bicyclic) bond motifs is 1. The van der Waals surface area contributed by atoms with Gasteiger partial charge in [0.15, 0.2) is 0 Å². The van der Waals surface area contributed by atoms with Crippen LogP contribution in [0.5, 0.6) is 0 Å². The standard InChI is InChI=1S/C16H19N5.C7H6O2/c1-20-6-4-12(5-7-20)15-9-17-16-3-2-13(8-14(15)16)21-10-18-19-11-21;8-7(9)6-4-2-1-3-5-6/h2-3,8-12,17H,4-7H2,1H3;1-5H,(H,8,9). The van der Waals surface area contributed by atoms with Crippen molar-refractivity contribution in [1.29, 1.82) is 0 Å². The van der Waals surface area contributed by atoms with Crippen LogP contribution in [0.4, 0.5) is 0 Å². The molecule has 0 radical (unpaired) electrons. The molecule has 30 heavy (non-hydrogen) atoms. The van der Waals surface area contributed by atoms with E-state index < -0.39 is 5.97 Å². The van der Waals surface area contributed by atoms with Crippen molar-refractivity contribution in [3.8, 4) is 5.69 Å². The van der Waals surface area contributed by atoms with Crippen LogP contribution in [-0.2, 0) is 0 Å². The fourth-order valence-electron chi connectivity index (χ4n) is 3.86. The first kappa shape index (κ1) is 19.8. The number of hydrogen-bond donors (Lipinski definition) is 2. The summed E-state index contributed by atoms with van der Waals surface area (Å²) < 4.78 is 1.95. The van der Waals surface area contributed by atoms with Crippen molar-refractivity contribution in [2.45, 2.75) is 18.8 Å². The maximum absolute atomic E-state index is 10.2. The summed E-state index contributed by atoms with van der Waals surface area (Å²) >= 11 is 0. The second-order valence-electron chi connectivity index (χ2n) is 7.59. The normalized spacial score (nSPS) is 15.0. The maximum Gasteiger partial charge on any atom is 0.335 e. The van der Waals surface area contributed by atoms with Crippen molar-refractivity contribution in [3.63, 3.8) is 0 Å². The average molecular weight is 403 g/mol. The molecule has 5 rings (SSSR count). The minimum Gasteiger partial charge on any atom is -0.478 e. The molecule has 0 bridgehead atoms. The van der Waals surface area contributed by atoms with Crippen LogP contribution >= 0.6 is 0 Å². The highest BCUT2D eigenvalue weighted by molar-refractivity contribution is 5.87. The van der Waals surface area contributed by atoms with Gasteiger partial charge in [-0.25, -0.2) is 4.79 Å². The number of H-pyrrole nitrogens is 1. The summed E-state index contributed by atoms with van der Waals surface area (Å²) in [5.74, 6) is -0.221. The molecule has 2 aromatic carbocycles. The van der Waals surface area contributed by atoms with Gasteiger partial charge in [-0.1, -0.05) is 18.2 Å². The molecule has 3 heterocycles. The Kier molecular flexibility index (Phi) is 5.90. The molecule has 0 amide bonds. The molecule has 1 aliphatic rings. The number of carboxylic acids is 1. The largest absolute Gasteiger partial charge is 0.478 e. The molecule has 154 valence electrons. The Labute approximate surface area is 175 Å². The monoisotopic (exact) mass is 403 g/mol. The van der Waals surface area contributed by atoms with Crippen molar-refractivity contribution in [1.82, 2.24) is 24.6 Å². The zero-order chi connectivity index (χ0) is 20.9. The third-order valence-corrected chi connectivity index (χ3v) is 5.59. The molecule has 7 nitrogen and oxygen atoms in total. The number of likely N-dealkylation sites (tertiary alicyclic amines) is 1. The van der Waals surface area contributed by atoms with Gasteiger partial charge in [0.1, 0.15) is 12.7 Å². The SMILES string of the molecule is CN1CCC(c2c[nH]c3ccc(-n4cnnc4)cc23)CC1.O=C(O)c1ccccc1. The number of benzene rings is 2. The molecule has 0 saturated carbocycles. The molecule has 7 heteroatoms. The van der Waals surface area contributed by atoms with Gasteiger partial charge in [0, 0.05) is 22.8 Å². The van der Waals surface area contributed by atoms with Gasteiger partial charge in [-0.3, -0.25) is 4.57 Å². The molecular weight excluding hydrogens is 378 g/mol. The molecule has 1 saturated heterocycles. The van der Waals surface area contributed by atoms with Crippen LogP contribution in [0, 0.1) is 0 Å². The molecule has 4 aromatic rings. The van der Waals surface area contributed by atoms with Gasteiger partial charge < -0.3 is 15.0 Å². The summed E-state index contributed by atoms with van der Waals surface area (Å²) in [5, 5.41) is 17.5. The lowest BCUT2D eigenvalue weighted by molar-refractivity contribution is 0.0697. The van der Waals surface area contributed by atoms with E-state index in [0.717, 1.165) is 5.69 Å². The zero-order valence-corrected chi connectivity index (χ0v) is 16.9. The number of carbonyl (C=O) groups is 1. The zero-order valence-electron chi connectivity index (χ0n) is 16.9. The summed E-state index contributed by atoms with van der Waals surface area (Å²) in [6.07, 6.45) is 8.14. The molecule has 0 aliphatic carbocycles. The quantitative estimate of drug-likeness (QED) is 0.541. The summed E-state index contributed by atoms with van der Waals surface area (Å²) in [7, 11) is 2.20. The number of hydrogen-bond acceptors (Lipinski definition) is 4. The van der Waals surface area contributed by atoms with E-state index in [9.17, 15) is 4.79 Å². The fourth-order valence-corrected chi connectivity index (χ4v) is 3.86. The van der Waals surface area contributed by atoms with Gasteiger partial charge in [-0.15, -0.1) is 10.2 Å². The number of aromatic carboxylic acids is 1. The predicted molar refractivity (Wildman–Crippen MR) is 116 cm³/mol. The molecule has 1 aliphatic heterocycles. The number of carboxylic acid groups (broad SMARTS) is 1. The topological polar surface area (TPSA) is 87.0 Å². The van der Waals surface area contributed by atoms with Crippen LogP contribution in [-0.4, -0.2) is 55.9 Å². The smallest absolute Gasteiger partial charge is 0.335 e. The maximum atomic E-state index is 10.2. The Morgan fingerprint density at radius 3 is 2.40 bits per heavy atom. The predicted octanol–water partition coefficient (Wildman–Crippen LogP) is 3.94. The van der Waals surface area contributed by atoms with E-state index in [1.807, 2.05) is 4.57 Å². The Balaban J connectivity index is 0.000000204. The number of piperidine rings is 1. The third-order valence-electron chi connectivity index (χ3n) is 5.59. The van der Waals surface area contributed by atoms with Gasteiger partial charge in [0.05, 0.1) is 5.56 Å². The molecular formula is C23H25N5O2. The highest BCUT2D eigenvalue weighted by Gasteiger charge is 2.21. The minimum absolute atomic E-state index is 0.331. The number of nitrogens with one attached hydrogen (secondary N) is 1. The van der Waals surface area contributed by atoms with Crippen molar-refractivity contribution < 1.29 is 9.90 Å². The van der Waals surface area contributed by atoms with Gasteiger partial charge in [0.2, 0.25) is 0 Å². The first-order valence-corrected chi connectivity index (χ1v) is 10.0. The van der Waals surface area contributed by atoms with E-state index in [0.29, 0.717) is 11.5 Å². The first-order chi connectivity index (χ1) is 14.6. The van der Waals surface area contributed by atoms with Gasteiger partial charge in [0.25, 0.3) is 0 Å². The van der Waals surface area contributed by atoms with Crippen LogP contribution in [0.3, 0.4) is 0 Å². The van der Waals surface area contributed by atoms with E-state index in [1.165, 1.54) is 42.4 Å². The second-order valence-corrected chi connectivity index (χ2v) is 7.59. The van der Waals surface area contributed by atoms with Gasteiger partial charge >= 0.3 is 5.97 Å². The lowest BCUT2D eigenvalue weighted by Gasteiger charge is -2.28. The second kappa shape index (κ2) is 8.92. The van der Waals surface area contributed by atoms with Crippen molar-refractivity contribution in [3.05, 3.63) is 78.5 Å². The Bertz CT molecular complexity index is 1100. The van der Waals surface area contributed by atoms with Crippen LogP contribution in [0.1, 0.15) is 34.7 Å². The lowest BCUT2D eigenvalue weighted by atomic mass is 9.89. The molecule has 2 aromatic heterocycles. The van der Waals surface area contributed by atoms with E-state index in [2.05, 4.69) is 51.5 Å². The lowest BCUT2D eigenvalue weighted by Crippen LogP contribution is -2.29. The van der Waals surface area contributed by atoms with Gasteiger partial charge in [-0.2, -0.15) is 0 Å². The Morgan fingerprint density at radius 2 is 1.77 bits per heavy atom. The van der Waals surface area contributed by atoms with Crippen LogP contribution in [0.25, 0.3) is 16.6 Å². The third kappa shape index (κ3) is 4.41. The summed E-state index contributed by atoms with van der Waals surface area (Å²) in [6, 6.07) is 14.8. The van der Waals surface area contributed by atoms with Crippen LogP contribution in [0.2, 0.25) is 0 Å². The first-order valence-electron chi connectivity index (χ1n) is 10.0. The van der Waals surface area contributed by atoms with E-state index in [4.69, 9.17) is 5.11 Å². The summed E-state index contributed by atoms with van der Waals surface area (Å²) in [5.41, 5.74) is 4.10. The van der Waals surface area contributed by atoms with Crippen LogP contribution < -0.4 is 0 Å². The highest BCUT2D eigenvalue weighted by atomic mass is 16.4. The minimum atomic E-state index is -0.879. The Morgan fingerprint density at radius 1 is 1.07 bits per heavy atom. The van der Waals surface area contributed by atoms with Crippen LogP contribution in [0.15, 0.2) is 67.4 Å². The molecule has 0 spiro atoms. The molecule has 2 N–H and O–H groups in total. The number of aromatic nitrogens is 4. The van der Waals surface area contributed by atoms with Crippen molar-refractivity contribution in [2.24, 2.45) is 0 Å². The summed E-state index contributed by atoms with van der Waals surface area (Å²) in [4.78, 5) is 16.0. The van der Waals surface area contributed by atoms with Crippen molar-refractivity contribution >= 4 is 16.9 Å². The Hall–Kier alpha value is -3.45. The average Bonchev–Trinajstić information content (AvgIpc) is 3.45. The fraction of sp³-hybridized carbons (Fsp3) is 0.261. The summed E-state index contributed by atoms with van der Waals surface area (Å²) in [6.45, 7) is 2.37. The molecule has 0 atom stereocenters. The van der Waals surface area contributed by atoms with Gasteiger partial charge in [-0.05, 0) is 74.8 Å². The molecule has 0 unspecified atom stereocenters. The number of aromatic amines is 1. The number of rotatable bonds is 3. The molecule has 1 fully saturated rings. The highest BCUT2D eigenvalue weighted by Crippen LogP contribution is 2.33. The number of nitrogens with zero attached hydrogens (tertiary/aromatic N) is 4. The van der Waals surface area contributed by atoms with E-state index in [1.54, 1.807) is 43.0 Å². The van der Waals surface area contributed by atoms with E-state index in [-0.39, 0.29) is 0 Å². The van der Waals surface area contributed by atoms with E-state index >= 15 is 0 Å².